The van der Waals surface area contributed by atoms with Gasteiger partial charge in [0.25, 0.3) is 5.56 Å². The van der Waals surface area contributed by atoms with E-state index in [1.807, 2.05) is 12.1 Å². The summed E-state index contributed by atoms with van der Waals surface area (Å²) < 4.78 is 0. The first kappa shape index (κ1) is 15.8. The van der Waals surface area contributed by atoms with Crippen LogP contribution in [-0.4, -0.2) is 21.0 Å². The fourth-order valence-electron chi connectivity index (χ4n) is 3.96. The fourth-order valence-corrected chi connectivity index (χ4v) is 3.96. The van der Waals surface area contributed by atoms with Gasteiger partial charge in [0.2, 0.25) is 0 Å². The Kier molecular flexibility index (Phi) is 4.22. The molecule has 1 aliphatic rings. The van der Waals surface area contributed by atoms with E-state index in [2.05, 4.69) is 57.5 Å². The zero-order valence-electron chi connectivity index (χ0n) is 14.3. The van der Waals surface area contributed by atoms with Crippen LogP contribution in [0.4, 0.5) is 5.82 Å². The molecule has 0 saturated heterocycles. The minimum absolute atomic E-state index is 0.201. The van der Waals surface area contributed by atoms with Crippen molar-refractivity contribution in [2.24, 2.45) is 5.92 Å². The Morgan fingerprint density at radius 1 is 1.08 bits per heavy atom. The van der Waals surface area contributed by atoms with Crippen molar-refractivity contribution in [3.63, 3.8) is 0 Å². The van der Waals surface area contributed by atoms with Crippen LogP contribution in [0.15, 0.2) is 53.6 Å². The standard InChI is InChI=1S/C20H22N4O/c1-13-9-15(14-5-3-2-4-6-14)11-16(10-13)23-18-8-7-17-19(24-18)20(25)22-12-21-17/h2-8,12-13,15-16H,9-11H2,1H3,(H,23,24)(H,21,22,25). The van der Waals surface area contributed by atoms with Gasteiger partial charge in [-0.1, -0.05) is 37.3 Å². The molecule has 3 unspecified atom stereocenters. The van der Waals surface area contributed by atoms with Crippen LogP contribution >= 0.6 is 0 Å². The molecule has 128 valence electrons. The van der Waals surface area contributed by atoms with Crippen LogP contribution in [0.25, 0.3) is 11.0 Å². The Hall–Kier alpha value is -2.69. The summed E-state index contributed by atoms with van der Waals surface area (Å²) in [6.45, 7) is 2.31. The van der Waals surface area contributed by atoms with Crippen molar-refractivity contribution in [2.45, 2.75) is 38.1 Å². The third kappa shape index (κ3) is 3.40. The zero-order chi connectivity index (χ0) is 17.2. The molecule has 0 radical (unpaired) electrons. The van der Waals surface area contributed by atoms with E-state index < -0.39 is 0 Å². The summed E-state index contributed by atoms with van der Waals surface area (Å²) in [5, 5.41) is 3.54. The first-order valence-corrected chi connectivity index (χ1v) is 8.85. The number of benzene rings is 1. The van der Waals surface area contributed by atoms with E-state index in [0.717, 1.165) is 18.7 Å². The van der Waals surface area contributed by atoms with Crippen molar-refractivity contribution in [1.82, 2.24) is 15.0 Å². The van der Waals surface area contributed by atoms with Crippen LogP contribution in [-0.2, 0) is 0 Å². The van der Waals surface area contributed by atoms with Crippen LogP contribution in [0, 0.1) is 5.92 Å². The number of aromatic amines is 1. The van der Waals surface area contributed by atoms with E-state index in [1.165, 1.54) is 18.3 Å². The van der Waals surface area contributed by atoms with Crippen molar-refractivity contribution < 1.29 is 0 Å². The van der Waals surface area contributed by atoms with Crippen molar-refractivity contribution >= 4 is 16.9 Å². The van der Waals surface area contributed by atoms with Gasteiger partial charge in [-0.15, -0.1) is 0 Å². The molecule has 0 spiro atoms. The number of rotatable bonds is 3. The summed E-state index contributed by atoms with van der Waals surface area (Å²) in [6.07, 6.45) is 4.83. The van der Waals surface area contributed by atoms with Gasteiger partial charge in [-0.2, -0.15) is 0 Å². The van der Waals surface area contributed by atoms with Gasteiger partial charge >= 0.3 is 0 Å². The van der Waals surface area contributed by atoms with E-state index in [9.17, 15) is 4.79 Å². The largest absolute Gasteiger partial charge is 0.367 e. The number of fused-ring (bicyclic) bond motifs is 1. The number of hydrogen-bond donors (Lipinski definition) is 2. The molecule has 1 aromatic carbocycles. The first-order chi connectivity index (χ1) is 12.2. The van der Waals surface area contributed by atoms with E-state index >= 15 is 0 Å². The van der Waals surface area contributed by atoms with E-state index in [4.69, 9.17) is 0 Å². The molecule has 5 heteroatoms. The van der Waals surface area contributed by atoms with Crippen molar-refractivity contribution in [2.75, 3.05) is 5.32 Å². The molecular formula is C20H22N4O. The summed E-state index contributed by atoms with van der Waals surface area (Å²) in [7, 11) is 0. The van der Waals surface area contributed by atoms with Gasteiger partial charge in [-0.05, 0) is 48.8 Å². The summed E-state index contributed by atoms with van der Waals surface area (Å²) in [6, 6.07) is 14.8. The molecule has 1 aliphatic carbocycles. The lowest BCUT2D eigenvalue weighted by atomic mass is 9.76. The van der Waals surface area contributed by atoms with Gasteiger partial charge in [0, 0.05) is 6.04 Å². The maximum Gasteiger partial charge on any atom is 0.277 e. The van der Waals surface area contributed by atoms with Gasteiger partial charge in [-0.3, -0.25) is 4.79 Å². The van der Waals surface area contributed by atoms with Crippen molar-refractivity contribution in [3.8, 4) is 0 Å². The second-order valence-corrected chi connectivity index (χ2v) is 7.06. The number of H-pyrrole nitrogens is 1. The Labute approximate surface area is 146 Å². The maximum absolute atomic E-state index is 11.9. The molecule has 0 bridgehead atoms. The predicted octanol–water partition coefficient (Wildman–Crippen LogP) is 3.70. The maximum atomic E-state index is 11.9. The summed E-state index contributed by atoms with van der Waals surface area (Å²) in [4.78, 5) is 23.1. The predicted molar refractivity (Wildman–Crippen MR) is 99.8 cm³/mol. The quantitative estimate of drug-likeness (QED) is 0.766. The number of nitrogens with zero attached hydrogens (tertiary/aromatic N) is 2. The lowest BCUT2D eigenvalue weighted by Gasteiger charge is -2.34. The molecule has 1 fully saturated rings. The normalized spacial score (nSPS) is 23.5. The van der Waals surface area contributed by atoms with Gasteiger partial charge in [-0.25, -0.2) is 9.97 Å². The molecule has 2 N–H and O–H groups in total. The molecule has 0 amide bonds. The van der Waals surface area contributed by atoms with E-state index in [0.29, 0.717) is 28.9 Å². The highest BCUT2D eigenvalue weighted by Crippen LogP contribution is 2.37. The molecule has 25 heavy (non-hydrogen) atoms. The molecule has 4 rings (SSSR count). The summed E-state index contributed by atoms with van der Waals surface area (Å²) in [5.74, 6) is 1.96. The third-order valence-corrected chi connectivity index (χ3v) is 5.05. The number of hydrogen-bond acceptors (Lipinski definition) is 4. The highest BCUT2D eigenvalue weighted by atomic mass is 16.1. The number of aromatic nitrogens is 3. The summed E-state index contributed by atoms with van der Waals surface area (Å²) in [5.41, 5.74) is 2.21. The average molecular weight is 334 g/mol. The molecular weight excluding hydrogens is 312 g/mol. The topological polar surface area (TPSA) is 70.7 Å². The molecule has 2 aromatic heterocycles. The molecule has 2 heterocycles. The minimum atomic E-state index is -0.201. The monoisotopic (exact) mass is 334 g/mol. The Morgan fingerprint density at radius 2 is 1.92 bits per heavy atom. The highest BCUT2D eigenvalue weighted by molar-refractivity contribution is 5.74. The first-order valence-electron chi connectivity index (χ1n) is 8.85. The molecule has 5 nitrogen and oxygen atoms in total. The molecule has 1 saturated carbocycles. The third-order valence-electron chi connectivity index (χ3n) is 5.05. The Bertz CT molecular complexity index is 922. The Balaban J connectivity index is 1.55. The van der Waals surface area contributed by atoms with E-state index in [-0.39, 0.29) is 5.56 Å². The van der Waals surface area contributed by atoms with Crippen molar-refractivity contribution in [3.05, 3.63) is 64.7 Å². The summed E-state index contributed by atoms with van der Waals surface area (Å²) >= 11 is 0. The van der Waals surface area contributed by atoms with Crippen LogP contribution in [0.5, 0.6) is 0 Å². The molecule has 0 aliphatic heterocycles. The zero-order valence-corrected chi connectivity index (χ0v) is 14.3. The SMILES string of the molecule is CC1CC(Nc2ccc3nc[nH]c(=O)c3n2)CC(c2ccccc2)C1. The fraction of sp³-hybridized carbons (Fsp3) is 0.350. The lowest BCUT2D eigenvalue weighted by Crippen LogP contribution is -2.30. The highest BCUT2D eigenvalue weighted by Gasteiger charge is 2.27. The second-order valence-electron chi connectivity index (χ2n) is 7.06. The number of nitrogens with one attached hydrogen (secondary N) is 2. The van der Waals surface area contributed by atoms with Crippen LogP contribution in [0.1, 0.15) is 37.7 Å². The van der Waals surface area contributed by atoms with Gasteiger partial charge in [0.05, 0.1) is 11.8 Å². The number of anilines is 1. The van der Waals surface area contributed by atoms with Gasteiger partial charge < -0.3 is 10.3 Å². The van der Waals surface area contributed by atoms with Crippen LogP contribution in [0.2, 0.25) is 0 Å². The number of pyridine rings is 1. The van der Waals surface area contributed by atoms with Gasteiger partial charge in [0.15, 0.2) is 5.52 Å². The lowest BCUT2D eigenvalue weighted by molar-refractivity contribution is 0.320. The average Bonchev–Trinajstić information content (AvgIpc) is 2.63. The van der Waals surface area contributed by atoms with Crippen molar-refractivity contribution in [1.29, 1.82) is 0 Å². The van der Waals surface area contributed by atoms with Crippen LogP contribution < -0.4 is 10.9 Å². The molecule has 3 aromatic rings. The Morgan fingerprint density at radius 3 is 2.76 bits per heavy atom. The van der Waals surface area contributed by atoms with Gasteiger partial charge in [0.1, 0.15) is 5.82 Å². The molecule has 3 atom stereocenters. The minimum Gasteiger partial charge on any atom is -0.367 e. The second kappa shape index (κ2) is 6.67. The smallest absolute Gasteiger partial charge is 0.277 e. The van der Waals surface area contributed by atoms with Crippen LogP contribution in [0.3, 0.4) is 0 Å². The van der Waals surface area contributed by atoms with E-state index in [1.54, 1.807) is 0 Å².